The number of nitrogens with one attached hydrogen (secondary N) is 1. The van der Waals surface area contributed by atoms with Gasteiger partial charge in [-0.15, -0.1) is 0 Å². The van der Waals surface area contributed by atoms with Gasteiger partial charge < -0.3 is 5.32 Å². The van der Waals surface area contributed by atoms with Gasteiger partial charge in [0.05, 0.1) is 11.8 Å². The summed E-state index contributed by atoms with van der Waals surface area (Å²) in [6.45, 7) is 3.81. The van der Waals surface area contributed by atoms with E-state index in [-0.39, 0.29) is 47.9 Å². The minimum atomic E-state index is -0.320. The summed E-state index contributed by atoms with van der Waals surface area (Å²) < 4.78 is 0. The zero-order valence-electron chi connectivity index (χ0n) is 14.9. The molecule has 6 atom stereocenters. The van der Waals surface area contributed by atoms with Crippen LogP contribution in [-0.2, 0) is 14.4 Å². The minimum absolute atomic E-state index is 0.153. The molecular weight excluding hydrogens is 328 g/mol. The van der Waals surface area contributed by atoms with Gasteiger partial charge in [-0.3, -0.25) is 19.3 Å². The molecule has 5 aliphatic rings. The van der Waals surface area contributed by atoms with Crippen LogP contribution in [0, 0.1) is 49.4 Å². The maximum atomic E-state index is 12.9. The van der Waals surface area contributed by atoms with Crippen LogP contribution in [0.4, 0.5) is 5.69 Å². The fourth-order valence-electron chi connectivity index (χ4n) is 5.34. The van der Waals surface area contributed by atoms with E-state index in [1.165, 1.54) is 4.90 Å². The first-order valence-electron chi connectivity index (χ1n) is 9.36. The molecule has 4 aliphatic carbocycles. The fraction of sp³-hybridized carbons (Fsp3) is 0.476. The van der Waals surface area contributed by atoms with Crippen molar-refractivity contribution in [1.29, 1.82) is 0 Å². The number of likely N-dealkylation sites (tertiary alicyclic amines) is 1. The molecule has 1 aliphatic heterocycles. The molecule has 134 valence electrons. The zero-order chi connectivity index (χ0) is 18.2. The number of nitrogens with zero attached hydrogens (tertiary/aromatic N) is 1. The molecule has 1 aromatic carbocycles. The van der Waals surface area contributed by atoms with Crippen LogP contribution in [0.15, 0.2) is 30.4 Å². The van der Waals surface area contributed by atoms with Crippen molar-refractivity contribution >= 4 is 23.4 Å². The van der Waals surface area contributed by atoms with Crippen molar-refractivity contribution in [2.75, 3.05) is 11.9 Å². The number of carbonyl (C=O) groups is 3. The van der Waals surface area contributed by atoms with Crippen LogP contribution in [0.1, 0.15) is 17.5 Å². The highest BCUT2D eigenvalue weighted by atomic mass is 16.2. The lowest BCUT2D eigenvalue weighted by atomic mass is 9.63. The largest absolute Gasteiger partial charge is 0.325 e. The molecule has 0 aromatic heterocycles. The summed E-state index contributed by atoms with van der Waals surface area (Å²) in [6, 6.07) is 5.69. The van der Waals surface area contributed by atoms with Crippen LogP contribution in [0.25, 0.3) is 0 Å². The number of rotatable bonds is 3. The molecule has 1 saturated heterocycles. The van der Waals surface area contributed by atoms with Gasteiger partial charge in [-0.2, -0.15) is 0 Å². The molecular formula is C21H22N2O3. The van der Waals surface area contributed by atoms with E-state index in [9.17, 15) is 14.4 Å². The molecule has 2 bridgehead atoms. The van der Waals surface area contributed by atoms with E-state index >= 15 is 0 Å². The van der Waals surface area contributed by atoms with Crippen LogP contribution in [0.2, 0.25) is 0 Å². The number of hydrogen-bond donors (Lipinski definition) is 1. The molecule has 6 unspecified atom stereocenters. The van der Waals surface area contributed by atoms with Crippen molar-refractivity contribution in [2.24, 2.45) is 35.5 Å². The Morgan fingerprint density at radius 1 is 1.04 bits per heavy atom. The van der Waals surface area contributed by atoms with Gasteiger partial charge in [0.1, 0.15) is 6.54 Å². The fourth-order valence-corrected chi connectivity index (χ4v) is 5.34. The molecule has 6 rings (SSSR count). The van der Waals surface area contributed by atoms with Crippen LogP contribution in [0.3, 0.4) is 0 Å². The number of hydrogen-bond acceptors (Lipinski definition) is 3. The highest BCUT2D eigenvalue weighted by molar-refractivity contribution is 6.09. The standard InChI is InChI=1S/C21H22N2O3/c1-10-3-4-12(7-11(10)2)22-17(24)9-23-20(25)18-13-5-6-14(16-8-15(13)16)19(18)21(23)26/h3-7,13-16,18-19H,8-9H2,1-2H3,(H,22,24). The Labute approximate surface area is 152 Å². The second kappa shape index (κ2) is 5.29. The van der Waals surface area contributed by atoms with Crippen molar-refractivity contribution in [3.05, 3.63) is 41.5 Å². The summed E-state index contributed by atoms with van der Waals surface area (Å²) in [6.07, 6.45) is 5.43. The first-order chi connectivity index (χ1) is 12.5. The van der Waals surface area contributed by atoms with Gasteiger partial charge in [-0.1, -0.05) is 18.2 Å². The van der Waals surface area contributed by atoms with Gasteiger partial charge in [-0.05, 0) is 67.2 Å². The number of imide groups is 1. The van der Waals surface area contributed by atoms with E-state index in [0.717, 1.165) is 17.5 Å². The van der Waals surface area contributed by atoms with E-state index in [2.05, 4.69) is 17.5 Å². The molecule has 3 fully saturated rings. The van der Waals surface area contributed by atoms with Crippen molar-refractivity contribution < 1.29 is 14.4 Å². The van der Waals surface area contributed by atoms with Crippen LogP contribution in [0.5, 0.6) is 0 Å². The first-order valence-corrected chi connectivity index (χ1v) is 9.36. The topological polar surface area (TPSA) is 66.5 Å². The van der Waals surface area contributed by atoms with Crippen molar-refractivity contribution in [1.82, 2.24) is 4.90 Å². The predicted octanol–water partition coefficient (Wildman–Crippen LogP) is 2.30. The molecule has 26 heavy (non-hydrogen) atoms. The predicted molar refractivity (Wildman–Crippen MR) is 96.0 cm³/mol. The Morgan fingerprint density at radius 2 is 1.65 bits per heavy atom. The van der Waals surface area contributed by atoms with Gasteiger partial charge in [0.25, 0.3) is 0 Å². The lowest BCUT2D eigenvalue weighted by molar-refractivity contribution is -0.142. The Kier molecular flexibility index (Phi) is 3.21. The quantitative estimate of drug-likeness (QED) is 0.672. The van der Waals surface area contributed by atoms with E-state index in [1.807, 2.05) is 32.0 Å². The normalized spacial score (nSPS) is 36.2. The third-order valence-corrected chi connectivity index (χ3v) is 6.85. The highest BCUT2D eigenvalue weighted by Gasteiger charge is 2.67. The van der Waals surface area contributed by atoms with Crippen molar-refractivity contribution in [3.63, 3.8) is 0 Å². The summed E-state index contributed by atoms with van der Waals surface area (Å²) in [5.74, 6) is 0.434. The number of carbonyl (C=O) groups excluding carboxylic acids is 3. The van der Waals surface area contributed by atoms with Gasteiger partial charge in [0.2, 0.25) is 17.7 Å². The number of allylic oxidation sites excluding steroid dienone is 2. The molecule has 3 amide bonds. The van der Waals surface area contributed by atoms with Crippen molar-refractivity contribution in [3.8, 4) is 0 Å². The Morgan fingerprint density at radius 3 is 2.23 bits per heavy atom. The summed E-state index contributed by atoms with van der Waals surface area (Å²) in [5, 5.41) is 2.81. The third-order valence-electron chi connectivity index (χ3n) is 6.85. The number of amides is 3. The smallest absolute Gasteiger partial charge is 0.244 e. The third kappa shape index (κ3) is 2.12. The number of benzene rings is 1. The summed E-state index contributed by atoms with van der Waals surface area (Å²) in [5.41, 5.74) is 2.93. The summed E-state index contributed by atoms with van der Waals surface area (Å²) >= 11 is 0. The second-order valence-corrected chi connectivity index (χ2v) is 8.26. The lowest BCUT2D eigenvalue weighted by Crippen LogP contribution is -2.40. The number of anilines is 1. The molecule has 5 nitrogen and oxygen atoms in total. The van der Waals surface area contributed by atoms with E-state index < -0.39 is 0 Å². The Bertz CT molecular complexity index is 838. The molecule has 1 heterocycles. The minimum Gasteiger partial charge on any atom is -0.325 e. The molecule has 1 N–H and O–H groups in total. The van der Waals surface area contributed by atoms with Crippen LogP contribution in [-0.4, -0.2) is 29.2 Å². The molecule has 5 heteroatoms. The van der Waals surface area contributed by atoms with Gasteiger partial charge in [0.15, 0.2) is 0 Å². The van der Waals surface area contributed by atoms with Gasteiger partial charge in [-0.25, -0.2) is 0 Å². The molecule has 1 aromatic rings. The van der Waals surface area contributed by atoms with E-state index in [4.69, 9.17) is 0 Å². The SMILES string of the molecule is Cc1ccc(NC(=O)CN2C(=O)C3C4C=CC(C5CC45)C3C2=O)cc1C. The average molecular weight is 350 g/mol. The maximum Gasteiger partial charge on any atom is 0.244 e. The van der Waals surface area contributed by atoms with Gasteiger partial charge in [0, 0.05) is 5.69 Å². The Balaban J connectivity index is 1.32. The zero-order valence-corrected chi connectivity index (χ0v) is 14.9. The van der Waals surface area contributed by atoms with E-state index in [1.54, 1.807) is 0 Å². The summed E-state index contributed by atoms with van der Waals surface area (Å²) in [4.78, 5) is 39.4. The summed E-state index contributed by atoms with van der Waals surface area (Å²) in [7, 11) is 0. The second-order valence-electron chi connectivity index (χ2n) is 8.26. The highest BCUT2D eigenvalue weighted by Crippen LogP contribution is 2.65. The van der Waals surface area contributed by atoms with E-state index in [0.29, 0.717) is 17.5 Å². The average Bonchev–Trinajstić information content (AvgIpc) is 3.39. The number of aryl methyl sites for hydroxylation is 2. The molecule has 2 saturated carbocycles. The molecule has 0 spiro atoms. The van der Waals surface area contributed by atoms with Crippen molar-refractivity contribution in [2.45, 2.75) is 20.3 Å². The maximum absolute atomic E-state index is 12.9. The van der Waals surface area contributed by atoms with Crippen LogP contribution < -0.4 is 5.32 Å². The molecule has 0 radical (unpaired) electrons. The lowest BCUT2D eigenvalue weighted by Gasteiger charge is -2.37. The first kappa shape index (κ1) is 15.8. The van der Waals surface area contributed by atoms with Gasteiger partial charge >= 0.3 is 0 Å². The Hall–Kier alpha value is -2.43. The monoisotopic (exact) mass is 350 g/mol. The van der Waals surface area contributed by atoms with Crippen LogP contribution >= 0.6 is 0 Å².